The molecule has 0 amide bonds. The summed E-state index contributed by atoms with van der Waals surface area (Å²) < 4.78 is 25.2. The van der Waals surface area contributed by atoms with E-state index >= 15 is 0 Å². The summed E-state index contributed by atoms with van der Waals surface area (Å²) in [6.07, 6.45) is 1.24. The molecule has 2 rings (SSSR count). The van der Waals surface area contributed by atoms with Crippen LogP contribution >= 0.6 is 0 Å². The third-order valence-electron chi connectivity index (χ3n) is 3.46. The lowest BCUT2D eigenvalue weighted by Crippen LogP contribution is -2.37. The number of hydrogen-bond acceptors (Lipinski definition) is 5. The zero-order valence-corrected chi connectivity index (χ0v) is 12.0. The van der Waals surface area contributed by atoms with Gasteiger partial charge in [-0.1, -0.05) is 13.8 Å². The van der Waals surface area contributed by atoms with Gasteiger partial charge in [-0.05, 0) is 12.8 Å². The highest BCUT2D eigenvalue weighted by molar-refractivity contribution is 7.90. The fraction of sp³-hybridized carbons (Fsp3) is 0.818. The Kier molecular flexibility index (Phi) is 3.46. The molecule has 1 aliphatic rings. The number of nitrogens with one attached hydrogen (secondary N) is 1. The van der Waals surface area contributed by atoms with Gasteiger partial charge in [-0.3, -0.25) is 0 Å². The maximum Gasteiger partial charge on any atom is 0.157 e. The first-order valence-corrected chi connectivity index (χ1v) is 8.13. The van der Waals surface area contributed by atoms with E-state index in [4.69, 9.17) is 0 Å². The van der Waals surface area contributed by atoms with Gasteiger partial charge in [0.05, 0.1) is 6.04 Å². The highest BCUT2D eigenvalue weighted by Gasteiger charge is 2.31. The van der Waals surface area contributed by atoms with Crippen LogP contribution in [0, 0.1) is 5.92 Å². The van der Waals surface area contributed by atoms with Crippen molar-refractivity contribution >= 4 is 9.84 Å². The molecule has 0 spiro atoms. The topological polar surface area (TPSA) is 76.9 Å². The van der Waals surface area contributed by atoms with Crippen LogP contribution in [0.2, 0.25) is 0 Å². The van der Waals surface area contributed by atoms with Gasteiger partial charge in [-0.2, -0.15) is 0 Å². The van der Waals surface area contributed by atoms with E-state index in [2.05, 4.69) is 29.4 Å². The summed E-state index contributed by atoms with van der Waals surface area (Å²) >= 11 is 0. The second-order valence-electron chi connectivity index (χ2n) is 5.22. The van der Waals surface area contributed by atoms with Gasteiger partial charge < -0.3 is 9.88 Å². The summed E-state index contributed by atoms with van der Waals surface area (Å²) in [6.45, 7) is 7.43. The number of rotatable bonds is 3. The van der Waals surface area contributed by atoms with Crippen LogP contribution in [-0.4, -0.2) is 36.0 Å². The molecule has 7 heteroatoms. The zero-order chi connectivity index (χ0) is 13.5. The Morgan fingerprint density at radius 3 is 2.56 bits per heavy atom. The average molecular weight is 272 g/mol. The summed E-state index contributed by atoms with van der Waals surface area (Å²) in [5.74, 6) is 1.80. The molecule has 0 bridgehead atoms. The summed E-state index contributed by atoms with van der Waals surface area (Å²) in [5.41, 5.74) is 0. The van der Waals surface area contributed by atoms with Gasteiger partial charge in [0, 0.05) is 19.3 Å². The van der Waals surface area contributed by atoms with Crippen LogP contribution < -0.4 is 5.32 Å². The van der Waals surface area contributed by atoms with Crippen molar-refractivity contribution in [2.75, 3.05) is 12.8 Å². The molecule has 0 aliphatic carbocycles. The van der Waals surface area contributed by atoms with Crippen molar-refractivity contribution in [1.82, 2.24) is 20.1 Å². The molecule has 0 aromatic carbocycles. The van der Waals surface area contributed by atoms with Crippen molar-refractivity contribution in [3.63, 3.8) is 0 Å². The second kappa shape index (κ2) is 4.62. The molecule has 6 nitrogen and oxygen atoms in total. The number of aromatic nitrogens is 3. The van der Waals surface area contributed by atoms with E-state index in [-0.39, 0.29) is 6.04 Å². The molecule has 2 atom stereocenters. The maximum atomic E-state index is 11.6. The zero-order valence-electron chi connectivity index (χ0n) is 11.2. The third-order valence-corrected chi connectivity index (χ3v) is 4.95. The van der Waals surface area contributed by atoms with Gasteiger partial charge in [0.1, 0.15) is 5.25 Å². The van der Waals surface area contributed by atoms with Gasteiger partial charge >= 0.3 is 0 Å². The minimum atomic E-state index is -3.14. The molecule has 1 N–H and O–H groups in total. The highest BCUT2D eigenvalue weighted by Crippen LogP contribution is 2.27. The Labute approximate surface area is 108 Å². The molecule has 1 aromatic rings. The van der Waals surface area contributed by atoms with Gasteiger partial charge in [-0.15, -0.1) is 10.2 Å². The van der Waals surface area contributed by atoms with Crippen LogP contribution in [-0.2, 0) is 16.4 Å². The van der Waals surface area contributed by atoms with Gasteiger partial charge in [0.15, 0.2) is 21.5 Å². The van der Waals surface area contributed by atoms with Crippen molar-refractivity contribution in [3.05, 3.63) is 11.6 Å². The fourth-order valence-corrected chi connectivity index (χ4v) is 2.79. The molecule has 1 aliphatic heterocycles. The smallest absolute Gasteiger partial charge is 0.157 e. The highest BCUT2D eigenvalue weighted by atomic mass is 32.2. The third kappa shape index (κ3) is 2.29. The molecule has 0 radical (unpaired) electrons. The van der Waals surface area contributed by atoms with Gasteiger partial charge in [-0.25, -0.2) is 8.42 Å². The number of hydrogen-bond donors (Lipinski definition) is 1. The maximum absolute atomic E-state index is 11.6. The molecule has 0 fully saturated rings. The Balaban J connectivity index is 2.43. The molecule has 18 heavy (non-hydrogen) atoms. The molecule has 0 saturated heterocycles. The van der Waals surface area contributed by atoms with Crippen LogP contribution in [0.5, 0.6) is 0 Å². The van der Waals surface area contributed by atoms with Crippen LogP contribution in [0.3, 0.4) is 0 Å². The van der Waals surface area contributed by atoms with E-state index in [0.717, 1.165) is 18.9 Å². The SMILES string of the molecule is CC(C)C1NCCn2c1nnc2C(C)S(C)(=O)=O. The largest absolute Gasteiger partial charge is 0.311 e. The lowest BCUT2D eigenvalue weighted by atomic mass is 10.0. The van der Waals surface area contributed by atoms with E-state index in [1.165, 1.54) is 6.26 Å². The molecule has 1 aromatic heterocycles. The lowest BCUT2D eigenvalue weighted by Gasteiger charge is -2.28. The first kappa shape index (κ1) is 13.5. The normalized spacial score (nSPS) is 21.9. The molecule has 2 unspecified atom stereocenters. The van der Waals surface area contributed by atoms with Gasteiger partial charge in [0.2, 0.25) is 0 Å². The summed E-state index contributed by atoms with van der Waals surface area (Å²) in [5, 5.41) is 11.1. The van der Waals surface area contributed by atoms with Crippen molar-refractivity contribution < 1.29 is 8.42 Å². The monoisotopic (exact) mass is 272 g/mol. The Bertz CT molecular complexity index is 535. The van der Waals surface area contributed by atoms with Crippen LogP contribution in [0.15, 0.2) is 0 Å². The molecule has 102 valence electrons. The summed E-state index contributed by atoms with van der Waals surface area (Å²) in [7, 11) is -3.14. The molecular formula is C11H20N4O2S. The Morgan fingerprint density at radius 2 is 2.00 bits per heavy atom. The quantitative estimate of drug-likeness (QED) is 0.875. The minimum absolute atomic E-state index is 0.145. The first-order chi connectivity index (χ1) is 8.32. The van der Waals surface area contributed by atoms with E-state index in [9.17, 15) is 8.42 Å². The Hall–Kier alpha value is -0.950. The standard InChI is InChI=1S/C11H20N4O2S/c1-7(2)9-11-14-13-10(8(3)18(4,16)17)15(11)6-5-12-9/h7-9,12H,5-6H2,1-4H3. The lowest BCUT2D eigenvalue weighted by molar-refractivity contribution is 0.335. The van der Waals surface area contributed by atoms with Crippen molar-refractivity contribution in [2.24, 2.45) is 5.92 Å². The predicted octanol–water partition coefficient (Wildman–Crippen LogP) is 0.684. The minimum Gasteiger partial charge on any atom is -0.311 e. The van der Waals surface area contributed by atoms with E-state index in [1.54, 1.807) is 6.92 Å². The first-order valence-electron chi connectivity index (χ1n) is 6.17. The van der Waals surface area contributed by atoms with Crippen LogP contribution in [0.4, 0.5) is 0 Å². The average Bonchev–Trinajstić information content (AvgIpc) is 2.69. The number of nitrogens with zero attached hydrogens (tertiary/aromatic N) is 3. The second-order valence-corrected chi connectivity index (χ2v) is 7.58. The predicted molar refractivity (Wildman–Crippen MR) is 68.9 cm³/mol. The van der Waals surface area contributed by atoms with Crippen molar-refractivity contribution in [2.45, 2.75) is 38.6 Å². The molecule has 2 heterocycles. The Morgan fingerprint density at radius 1 is 1.33 bits per heavy atom. The van der Waals surface area contributed by atoms with Crippen molar-refractivity contribution in [1.29, 1.82) is 0 Å². The fourth-order valence-electron chi connectivity index (χ4n) is 2.24. The molecular weight excluding hydrogens is 252 g/mol. The van der Waals surface area contributed by atoms with Gasteiger partial charge in [0.25, 0.3) is 0 Å². The molecule has 0 saturated carbocycles. The summed E-state index contributed by atoms with van der Waals surface area (Å²) in [4.78, 5) is 0. The number of fused-ring (bicyclic) bond motifs is 1. The van der Waals surface area contributed by atoms with E-state index < -0.39 is 15.1 Å². The van der Waals surface area contributed by atoms with Crippen molar-refractivity contribution in [3.8, 4) is 0 Å². The summed E-state index contributed by atoms with van der Waals surface area (Å²) in [6, 6.07) is 0.145. The van der Waals surface area contributed by atoms with E-state index in [0.29, 0.717) is 11.7 Å². The van der Waals surface area contributed by atoms with Crippen LogP contribution in [0.25, 0.3) is 0 Å². The van der Waals surface area contributed by atoms with Crippen LogP contribution in [0.1, 0.15) is 43.7 Å². The number of sulfone groups is 1. The van der Waals surface area contributed by atoms with E-state index in [1.807, 2.05) is 4.57 Å².